The molecule has 0 bridgehead atoms. The van der Waals surface area contributed by atoms with Crippen molar-refractivity contribution in [1.29, 1.82) is 0 Å². The summed E-state index contributed by atoms with van der Waals surface area (Å²) in [5.41, 5.74) is 7.89. The molecule has 0 atom stereocenters. The second-order valence-electron chi connectivity index (χ2n) is 4.64. The van der Waals surface area contributed by atoms with Gasteiger partial charge in [-0.3, -0.25) is 4.68 Å². The Balaban J connectivity index is 1.81. The minimum atomic E-state index is 0.558. The van der Waals surface area contributed by atoms with E-state index in [2.05, 4.69) is 5.10 Å². The lowest BCUT2D eigenvalue weighted by Gasteiger charge is -2.21. The van der Waals surface area contributed by atoms with E-state index >= 15 is 0 Å². The van der Waals surface area contributed by atoms with Crippen LogP contribution in [0.1, 0.15) is 24.1 Å². The van der Waals surface area contributed by atoms with Gasteiger partial charge in [0.25, 0.3) is 0 Å². The molecule has 1 aliphatic heterocycles. The van der Waals surface area contributed by atoms with Crippen molar-refractivity contribution in [1.82, 2.24) is 9.78 Å². The first-order chi connectivity index (χ1) is 8.18. The molecule has 2 heterocycles. The first kappa shape index (κ1) is 12.4. The molecule has 2 N–H and O–H groups in total. The van der Waals surface area contributed by atoms with Gasteiger partial charge in [0.1, 0.15) is 5.82 Å². The summed E-state index contributed by atoms with van der Waals surface area (Å²) in [5, 5.41) is 4.27. The van der Waals surface area contributed by atoms with Crippen molar-refractivity contribution in [3.63, 3.8) is 0 Å². The lowest BCUT2D eigenvalue weighted by molar-refractivity contribution is 0.0157. The summed E-state index contributed by atoms with van der Waals surface area (Å²) in [4.78, 5) is 0. The number of nitrogen functional groups attached to an aromatic ring is 1. The Morgan fingerprint density at radius 3 is 2.76 bits per heavy atom. The number of rotatable bonds is 4. The van der Waals surface area contributed by atoms with E-state index in [9.17, 15) is 0 Å². The van der Waals surface area contributed by atoms with E-state index in [0.717, 1.165) is 43.9 Å². The molecule has 1 saturated heterocycles. The summed E-state index contributed by atoms with van der Waals surface area (Å²) in [6, 6.07) is 0. The fourth-order valence-electron chi connectivity index (χ4n) is 2.14. The molecule has 1 aromatic heterocycles. The molecule has 0 spiro atoms. The molecule has 0 radical (unpaired) electrons. The highest BCUT2D eigenvalue weighted by atomic mass is 16.5. The van der Waals surface area contributed by atoms with Gasteiger partial charge in [0.15, 0.2) is 0 Å². The summed E-state index contributed by atoms with van der Waals surface area (Å²) in [5.74, 6) is 1.33. The highest BCUT2D eigenvalue weighted by Gasteiger charge is 2.15. The van der Waals surface area contributed by atoms with Crippen LogP contribution < -0.4 is 5.73 Å². The molecule has 5 nitrogen and oxygen atoms in total. The molecule has 2 rings (SSSR count). The van der Waals surface area contributed by atoms with Crippen molar-refractivity contribution in [2.75, 3.05) is 25.6 Å². The van der Waals surface area contributed by atoms with Gasteiger partial charge in [-0.1, -0.05) is 0 Å². The van der Waals surface area contributed by atoms with Gasteiger partial charge in [0.2, 0.25) is 0 Å². The van der Waals surface area contributed by atoms with E-state index < -0.39 is 0 Å². The lowest BCUT2D eigenvalue weighted by atomic mass is 10.0. The maximum absolute atomic E-state index is 5.92. The van der Waals surface area contributed by atoms with Crippen LogP contribution in [0.5, 0.6) is 0 Å². The number of aryl methyl sites for hydroxylation is 2. The average Bonchev–Trinajstić information content (AvgIpc) is 2.57. The smallest absolute Gasteiger partial charge is 0.127 e. The number of nitrogens with zero attached hydrogens (tertiary/aromatic N) is 2. The molecular weight excluding hydrogens is 218 g/mol. The topological polar surface area (TPSA) is 62.3 Å². The highest BCUT2D eigenvalue weighted by Crippen LogP contribution is 2.19. The highest BCUT2D eigenvalue weighted by molar-refractivity contribution is 5.42. The van der Waals surface area contributed by atoms with Crippen LogP contribution in [0.25, 0.3) is 0 Å². The molecular formula is C12H21N3O2. The number of ether oxygens (including phenoxy) is 2. The number of hydrogen-bond acceptors (Lipinski definition) is 4. The van der Waals surface area contributed by atoms with Crippen molar-refractivity contribution < 1.29 is 9.47 Å². The monoisotopic (exact) mass is 239 g/mol. The van der Waals surface area contributed by atoms with Gasteiger partial charge >= 0.3 is 0 Å². The first-order valence-electron chi connectivity index (χ1n) is 6.12. The Labute approximate surface area is 102 Å². The number of hydrogen-bond donors (Lipinski definition) is 1. The first-order valence-corrected chi connectivity index (χ1v) is 6.12. The van der Waals surface area contributed by atoms with E-state index in [1.807, 2.05) is 14.0 Å². The summed E-state index contributed by atoms with van der Waals surface area (Å²) >= 11 is 0. The van der Waals surface area contributed by atoms with Crippen molar-refractivity contribution >= 4 is 5.82 Å². The number of anilines is 1. The Morgan fingerprint density at radius 1 is 1.47 bits per heavy atom. The minimum Gasteiger partial charge on any atom is -0.384 e. The van der Waals surface area contributed by atoms with Crippen molar-refractivity contribution in [2.24, 2.45) is 13.0 Å². The molecule has 17 heavy (non-hydrogen) atoms. The maximum Gasteiger partial charge on any atom is 0.127 e. The van der Waals surface area contributed by atoms with Crippen molar-refractivity contribution in [3.05, 3.63) is 11.3 Å². The average molecular weight is 239 g/mol. The van der Waals surface area contributed by atoms with Gasteiger partial charge in [-0.05, 0) is 25.7 Å². The van der Waals surface area contributed by atoms with Crippen LogP contribution in [0.2, 0.25) is 0 Å². The van der Waals surface area contributed by atoms with E-state index in [1.165, 1.54) is 0 Å². The Hall–Kier alpha value is -1.07. The maximum atomic E-state index is 5.92. The molecule has 1 aliphatic rings. The van der Waals surface area contributed by atoms with Crippen LogP contribution in [0.3, 0.4) is 0 Å². The van der Waals surface area contributed by atoms with Gasteiger partial charge < -0.3 is 15.2 Å². The third-order valence-corrected chi connectivity index (χ3v) is 3.34. The molecule has 0 aromatic carbocycles. The van der Waals surface area contributed by atoms with Crippen LogP contribution in [-0.4, -0.2) is 29.6 Å². The minimum absolute atomic E-state index is 0.558. The quantitative estimate of drug-likeness (QED) is 0.859. The lowest BCUT2D eigenvalue weighted by Crippen LogP contribution is -2.20. The van der Waals surface area contributed by atoms with Crippen LogP contribution in [-0.2, 0) is 23.1 Å². The van der Waals surface area contributed by atoms with Gasteiger partial charge in [0.05, 0.1) is 18.9 Å². The Bertz CT molecular complexity index is 370. The molecule has 96 valence electrons. The molecule has 5 heteroatoms. The molecule has 0 aliphatic carbocycles. The van der Waals surface area contributed by atoms with Crippen LogP contribution in [0.15, 0.2) is 0 Å². The van der Waals surface area contributed by atoms with Gasteiger partial charge in [-0.25, -0.2) is 0 Å². The second-order valence-corrected chi connectivity index (χ2v) is 4.64. The van der Waals surface area contributed by atoms with Crippen molar-refractivity contribution in [3.8, 4) is 0 Å². The molecule has 0 saturated carbocycles. The van der Waals surface area contributed by atoms with E-state index in [1.54, 1.807) is 4.68 Å². The zero-order chi connectivity index (χ0) is 12.3. The zero-order valence-electron chi connectivity index (χ0n) is 10.6. The predicted octanol–water partition coefficient (Wildman–Crippen LogP) is 1.25. The van der Waals surface area contributed by atoms with Crippen LogP contribution in [0, 0.1) is 12.8 Å². The van der Waals surface area contributed by atoms with E-state index in [0.29, 0.717) is 18.3 Å². The molecule has 1 aromatic rings. The van der Waals surface area contributed by atoms with Gasteiger partial charge in [-0.15, -0.1) is 0 Å². The Morgan fingerprint density at radius 2 is 2.18 bits per heavy atom. The molecule has 0 amide bonds. The van der Waals surface area contributed by atoms with Crippen LogP contribution >= 0.6 is 0 Å². The van der Waals surface area contributed by atoms with Gasteiger partial charge in [-0.2, -0.15) is 5.10 Å². The third-order valence-electron chi connectivity index (χ3n) is 3.34. The molecule has 0 unspecified atom stereocenters. The normalized spacial score (nSPS) is 17.5. The summed E-state index contributed by atoms with van der Waals surface area (Å²) in [6.45, 7) is 5.04. The number of nitrogens with two attached hydrogens (primary N) is 1. The second kappa shape index (κ2) is 5.51. The fraction of sp³-hybridized carbons (Fsp3) is 0.750. The van der Waals surface area contributed by atoms with Crippen molar-refractivity contribution in [2.45, 2.75) is 26.4 Å². The van der Waals surface area contributed by atoms with E-state index in [4.69, 9.17) is 15.2 Å². The fourth-order valence-corrected chi connectivity index (χ4v) is 2.14. The van der Waals surface area contributed by atoms with E-state index in [-0.39, 0.29) is 0 Å². The summed E-state index contributed by atoms with van der Waals surface area (Å²) < 4.78 is 12.8. The Kier molecular flexibility index (Phi) is 4.02. The van der Waals surface area contributed by atoms with Crippen LogP contribution in [0.4, 0.5) is 5.82 Å². The largest absolute Gasteiger partial charge is 0.384 e. The summed E-state index contributed by atoms with van der Waals surface area (Å²) in [6.07, 6.45) is 2.20. The third kappa shape index (κ3) is 2.98. The number of aromatic nitrogens is 2. The SMILES string of the molecule is Cc1nn(C)c(N)c1COCC1CCOCC1. The zero-order valence-corrected chi connectivity index (χ0v) is 10.6. The molecule has 1 fully saturated rings. The van der Waals surface area contributed by atoms with Gasteiger partial charge in [0, 0.05) is 25.8 Å². The predicted molar refractivity (Wildman–Crippen MR) is 65.6 cm³/mol. The standard InChI is InChI=1S/C12H21N3O2/c1-9-11(12(13)15(2)14-9)8-17-7-10-3-5-16-6-4-10/h10H,3-8,13H2,1-2H3. The summed E-state index contributed by atoms with van der Waals surface area (Å²) in [7, 11) is 1.85.